The minimum absolute atomic E-state index is 0.155. The van der Waals surface area contributed by atoms with Crippen molar-refractivity contribution in [3.63, 3.8) is 0 Å². The summed E-state index contributed by atoms with van der Waals surface area (Å²) in [6.07, 6.45) is -4.56. The molecule has 1 heterocycles. The summed E-state index contributed by atoms with van der Waals surface area (Å²) in [7, 11) is 0. The molecule has 0 unspecified atom stereocenters. The first-order chi connectivity index (χ1) is 9.88. The summed E-state index contributed by atoms with van der Waals surface area (Å²) in [5.74, 6) is 0. The number of hydrogen-bond donors (Lipinski definition) is 1. The Labute approximate surface area is 121 Å². The van der Waals surface area contributed by atoms with E-state index in [1.54, 1.807) is 24.3 Å². The zero-order valence-corrected chi connectivity index (χ0v) is 11.3. The second kappa shape index (κ2) is 4.63. The minimum atomic E-state index is -4.56. The Bertz CT molecular complexity index is 880. The lowest BCUT2D eigenvalue weighted by Crippen LogP contribution is -2.14. The number of hydrogen-bond acceptors (Lipinski definition) is 3. The average Bonchev–Trinajstić information content (AvgIpc) is 2.76. The molecule has 0 aliphatic heterocycles. The summed E-state index contributed by atoms with van der Waals surface area (Å²) < 4.78 is 40.6. The molecule has 0 fully saturated rings. The summed E-state index contributed by atoms with van der Waals surface area (Å²) >= 11 is 1.10. The smallest absolute Gasteiger partial charge is 0.398 e. The summed E-state index contributed by atoms with van der Waals surface area (Å²) in [5.41, 5.74) is 3.88. The first-order valence-corrected chi connectivity index (χ1v) is 6.73. The molecule has 0 saturated heterocycles. The van der Waals surface area contributed by atoms with Crippen molar-refractivity contribution in [2.24, 2.45) is 0 Å². The molecule has 1 aromatic heterocycles. The standard InChI is InChI=1S/C14H9F3N2OS/c15-14(16,17)10-7-8(5-6-11(10)18)19-13(20)9-3-1-2-4-12(9)21-19/h1-7H,18H2. The molecular formula is C14H9F3N2OS. The van der Waals surface area contributed by atoms with E-state index in [-0.39, 0.29) is 16.9 Å². The second-order valence-corrected chi connectivity index (χ2v) is 5.44. The molecule has 7 heteroatoms. The molecule has 21 heavy (non-hydrogen) atoms. The van der Waals surface area contributed by atoms with Crippen LogP contribution < -0.4 is 11.3 Å². The quantitative estimate of drug-likeness (QED) is 0.697. The van der Waals surface area contributed by atoms with Gasteiger partial charge in [-0.05, 0) is 30.3 Å². The minimum Gasteiger partial charge on any atom is -0.398 e. The van der Waals surface area contributed by atoms with E-state index in [1.165, 1.54) is 10.0 Å². The van der Waals surface area contributed by atoms with Crippen LogP contribution in [-0.4, -0.2) is 3.96 Å². The zero-order chi connectivity index (χ0) is 15.2. The fourth-order valence-electron chi connectivity index (χ4n) is 2.06. The average molecular weight is 310 g/mol. The third kappa shape index (κ3) is 2.29. The number of nitrogens with zero attached hydrogens (tertiary/aromatic N) is 1. The van der Waals surface area contributed by atoms with Gasteiger partial charge < -0.3 is 5.73 Å². The van der Waals surface area contributed by atoms with Gasteiger partial charge in [0.15, 0.2) is 0 Å². The van der Waals surface area contributed by atoms with Crippen molar-refractivity contribution >= 4 is 27.3 Å². The van der Waals surface area contributed by atoms with E-state index in [2.05, 4.69) is 0 Å². The van der Waals surface area contributed by atoms with Gasteiger partial charge in [-0.15, -0.1) is 0 Å². The number of nitrogen functional groups attached to an aromatic ring is 1. The summed E-state index contributed by atoms with van der Waals surface area (Å²) in [6, 6.07) is 10.3. The Hall–Kier alpha value is -2.28. The molecule has 0 amide bonds. The van der Waals surface area contributed by atoms with Crippen LogP contribution in [0, 0.1) is 0 Å². The van der Waals surface area contributed by atoms with Crippen LogP contribution in [-0.2, 0) is 6.18 Å². The number of benzene rings is 2. The molecule has 3 aromatic rings. The van der Waals surface area contributed by atoms with Crippen molar-refractivity contribution in [1.82, 2.24) is 3.96 Å². The van der Waals surface area contributed by atoms with Crippen molar-refractivity contribution in [2.45, 2.75) is 6.18 Å². The molecular weight excluding hydrogens is 301 g/mol. The molecule has 3 rings (SSSR count). The zero-order valence-electron chi connectivity index (χ0n) is 10.5. The Morgan fingerprint density at radius 3 is 2.48 bits per heavy atom. The summed E-state index contributed by atoms with van der Waals surface area (Å²) in [4.78, 5) is 12.2. The highest BCUT2D eigenvalue weighted by Crippen LogP contribution is 2.35. The van der Waals surface area contributed by atoms with Crippen LogP contribution in [0.4, 0.5) is 18.9 Å². The molecule has 0 bridgehead atoms. The van der Waals surface area contributed by atoms with Crippen molar-refractivity contribution in [3.8, 4) is 5.69 Å². The van der Waals surface area contributed by atoms with Gasteiger partial charge in [0.1, 0.15) is 0 Å². The van der Waals surface area contributed by atoms with Crippen molar-refractivity contribution in [1.29, 1.82) is 0 Å². The maximum atomic E-state index is 12.9. The number of alkyl halides is 3. The number of rotatable bonds is 1. The number of aromatic nitrogens is 1. The predicted molar refractivity (Wildman–Crippen MR) is 76.8 cm³/mol. The van der Waals surface area contributed by atoms with Crippen molar-refractivity contribution < 1.29 is 13.2 Å². The normalized spacial score (nSPS) is 12.0. The molecule has 108 valence electrons. The van der Waals surface area contributed by atoms with Crippen LogP contribution >= 0.6 is 11.5 Å². The van der Waals surface area contributed by atoms with Crippen LogP contribution in [0.15, 0.2) is 47.3 Å². The number of halogens is 3. The van der Waals surface area contributed by atoms with Gasteiger partial charge in [-0.1, -0.05) is 23.7 Å². The van der Waals surface area contributed by atoms with E-state index >= 15 is 0 Å². The molecule has 2 aromatic carbocycles. The maximum Gasteiger partial charge on any atom is 0.418 e. The van der Waals surface area contributed by atoms with Crippen LogP contribution in [0.25, 0.3) is 15.8 Å². The largest absolute Gasteiger partial charge is 0.418 e. The molecule has 0 saturated carbocycles. The van der Waals surface area contributed by atoms with Crippen LogP contribution in [0.1, 0.15) is 5.56 Å². The van der Waals surface area contributed by atoms with Gasteiger partial charge in [-0.3, -0.25) is 4.79 Å². The van der Waals surface area contributed by atoms with E-state index < -0.39 is 11.7 Å². The fraction of sp³-hybridized carbons (Fsp3) is 0.0714. The van der Waals surface area contributed by atoms with Crippen LogP contribution in [0.2, 0.25) is 0 Å². The monoisotopic (exact) mass is 310 g/mol. The van der Waals surface area contributed by atoms with E-state index in [0.29, 0.717) is 10.1 Å². The summed E-state index contributed by atoms with van der Waals surface area (Å²) in [6.45, 7) is 0. The molecule has 2 N–H and O–H groups in total. The van der Waals surface area contributed by atoms with Gasteiger partial charge in [0, 0.05) is 5.69 Å². The van der Waals surface area contributed by atoms with Gasteiger partial charge in [0.2, 0.25) is 0 Å². The lowest BCUT2D eigenvalue weighted by molar-refractivity contribution is -0.136. The Morgan fingerprint density at radius 2 is 1.81 bits per heavy atom. The first-order valence-electron chi connectivity index (χ1n) is 5.96. The number of fused-ring (bicyclic) bond motifs is 1. The van der Waals surface area contributed by atoms with Crippen LogP contribution in [0.3, 0.4) is 0 Å². The number of nitrogens with two attached hydrogens (primary N) is 1. The molecule has 0 spiro atoms. The highest BCUT2D eigenvalue weighted by atomic mass is 32.1. The van der Waals surface area contributed by atoms with Gasteiger partial charge in [-0.2, -0.15) is 13.2 Å². The summed E-state index contributed by atoms with van der Waals surface area (Å²) in [5, 5.41) is 0.480. The van der Waals surface area contributed by atoms with Gasteiger partial charge in [0.05, 0.1) is 21.3 Å². The van der Waals surface area contributed by atoms with E-state index in [1.807, 2.05) is 0 Å². The lowest BCUT2D eigenvalue weighted by atomic mass is 10.1. The molecule has 0 atom stereocenters. The predicted octanol–water partition coefficient (Wildman–Crippen LogP) is 3.65. The van der Waals surface area contributed by atoms with Gasteiger partial charge in [0.25, 0.3) is 5.56 Å². The lowest BCUT2D eigenvalue weighted by Gasteiger charge is -2.11. The fourth-order valence-corrected chi connectivity index (χ4v) is 3.05. The highest BCUT2D eigenvalue weighted by molar-refractivity contribution is 7.14. The van der Waals surface area contributed by atoms with Gasteiger partial charge >= 0.3 is 6.18 Å². The Morgan fingerprint density at radius 1 is 1.10 bits per heavy atom. The third-order valence-corrected chi connectivity index (χ3v) is 4.18. The maximum absolute atomic E-state index is 12.9. The number of anilines is 1. The van der Waals surface area contributed by atoms with Crippen molar-refractivity contribution in [2.75, 3.05) is 5.73 Å². The van der Waals surface area contributed by atoms with E-state index in [0.717, 1.165) is 23.7 Å². The van der Waals surface area contributed by atoms with E-state index in [9.17, 15) is 18.0 Å². The molecule has 0 aliphatic rings. The van der Waals surface area contributed by atoms with Gasteiger partial charge in [-0.25, -0.2) is 3.96 Å². The Balaban J connectivity index is 2.24. The molecule has 0 radical (unpaired) electrons. The molecule has 3 nitrogen and oxygen atoms in total. The highest BCUT2D eigenvalue weighted by Gasteiger charge is 2.33. The third-order valence-electron chi connectivity index (χ3n) is 3.07. The van der Waals surface area contributed by atoms with Crippen molar-refractivity contribution in [3.05, 3.63) is 58.4 Å². The van der Waals surface area contributed by atoms with Crippen LogP contribution in [0.5, 0.6) is 0 Å². The molecule has 0 aliphatic carbocycles. The topological polar surface area (TPSA) is 48.0 Å². The second-order valence-electron chi connectivity index (χ2n) is 4.46. The SMILES string of the molecule is Nc1ccc(-n2sc3ccccc3c2=O)cc1C(F)(F)F. The Kier molecular flexibility index (Phi) is 3.02. The first kappa shape index (κ1) is 13.7. The van der Waals surface area contributed by atoms with E-state index in [4.69, 9.17) is 5.73 Å².